The van der Waals surface area contributed by atoms with Gasteiger partial charge in [0.15, 0.2) is 0 Å². The van der Waals surface area contributed by atoms with Crippen LogP contribution < -0.4 is 10.1 Å². The van der Waals surface area contributed by atoms with Crippen molar-refractivity contribution >= 4 is 29.5 Å². The highest BCUT2D eigenvalue weighted by Crippen LogP contribution is 2.19. The summed E-state index contributed by atoms with van der Waals surface area (Å²) >= 11 is 0. The van der Waals surface area contributed by atoms with E-state index in [4.69, 9.17) is 14.2 Å². The number of ether oxygens (including phenoxy) is 3. The molecule has 3 rings (SSSR count). The Morgan fingerprint density at radius 1 is 0.784 bits per heavy atom. The van der Waals surface area contributed by atoms with Gasteiger partial charge in [-0.05, 0) is 69.3 Å². The minimum atomic E-state index is -2.12. The molecule has 0 fully saturated rings. The number of anilines is 1. The second kappa shape index (κ2) is 12.3. The molecule has 9 nitrogen and oxygen atoms in total. The first-order valence-electron chi connectivity index (χ1n) is 11.5. The molecule has 0 aromatic heterocycles. The second-order valence-electron chi connectivity index (χ2n) is 8.18. The van der Waals surface area contributed by atoms with Crippen molar-refractivity contribution in [2.24, 2.45) is 0 Å². The Morgan fingerprint density at radius 3 is 1.76 bits per heavy atom. The molecule has 0 aliphatic rings. The molecular weight excluding hydrogens is 478 g/mol. The Kier molecular flexibility index (Phi) is 8.99. The SMILES string of the molecule is CCOc1ccc(NC(=O)[C@H](OC(=O)c2cccc(C)c2)[C@@H](OC(=O)c2cccc(C)c2)C(=O)O)cc1. The van der Waals surface area contributed by atoms with E-state index >= 15 is 0 Å². The Labute approximate surface area is 214 Å². The van der Waals surface area contributed by atoms with E-state index in [-0.39, 0.29) is 11.1 Å². The lowest BCUT2D eigenvalue weighted by Gasteiger charge is -2.23. The first-order valence-corrected chi connectivity index (χ1v) is 11.5. The molecule has 0 radical (unpaired) electrons. The normalized spacial score (nSPS) is 12.1. The summed E-state index contributed by atoms with van der Waals surface area (Å²) in [6.45, 7) is 5.79. The Morgan fingerprint density at radius 2 is 1.30 bits per heavy atom. The minimum Gasteiger partial charge on any atom is -0.494 e. The van der Waals surface area contributed by atoms with Gasteiger partial charge in [0.2, 0.25) is 12.2 Å². The van der Waals surface area contributed by atoms with Crippen LogP contribution in [0.25, 0.3) is 0 Å². The summed E-state index contributed by atoms with van der Waals surface area (Å²) in [5.41, 5.74) is 1.98. The van der Waals surface area contributed by atoms with E-state index in [0.29, 0.717) is 18.0 Å². The highest BCUT2D eigenvalue weighted by molar-refractivity contribution is 6.01. The summed E-state index contributed by atoms with van der Waals surface area (Å²) < 4.78 is 15.9. The third-order valence-corrected chi connectivity index (χ3v) is 5.19. The van der Waals surface area contributed by atoms with Crippen molar-refractivity contribution in [2.75, 3.05) is 11.9 Å². The molecule has 0 bridgehead atoms. The maximum Gasteiger partial charge on any atom is 0.349 e. The van der Waals surface area contributed by atoms with Crippen LogP contribution >= 0.6 is 0 Å². The smallest absolute Gasteiger partial charge is 0.349 e. The van der Waals surface area contributed by atoms with Crippen LogP contribution in [0.4, 0.5) is 5.69 Å². The number of carboxylic acid groups (broad SMARTS) is 1. The molecule has 3 aromatic carbocycles. The van der Waals surface area contributed by atoms with Crippen molar-refractivity contribution in [3.63, 3.8) is 0 Å². The van der Waals surface area contributed by atoms with E-state index in [9.17, 15) is 24.3 Å². The Balaban J connectivity index is 1.90. The summed E-state index contributed by atoms with van der Waals surface area (Å²) in [5, 5.41) is 12.4. The molecule has 3 aromatic rings. The molecule has 37 heavy (non-hydrogen) atoms. The monoisotopic (exact) mass is 505 g/mol. The van der Waals surface area contributed by atoms with Crippen LogP contribution in [-0.4, -0.2) is 47.7 Å². The second-order valence-corrected chi connectivity index (χ2v) is 8.18. The Hall–Kier alpha value is -4.66. The number of nitrogens with one attached hydrogen (secondary N) is 1. The van der Waals surface area contributed by atoms with Crippen LogP contribution in [0.2, 0.25) is 0 Å². The van der Waals surface area contributed by atoms with Crippen LogP contribution in [0.3, 0.4) is 0 Å². The van der Waals surface area contributed by atoms with Gasteiger partial charge in [-0.2, -0.15) is 0 Å². The lowest BCUT2D eigenvalue weighted by molar-refractivity contribution is -0.157. The average Bonchev–Trinajstić information content (AvgIpc) is 2.87. The van der Waals surface area contributed by atoms with Gasteiger partial charge in [-0.25, -0.2) is 14.4 Å². The largest absolute Gasteiger partial charge is 0.494 e. The van der Waals surface area contributed by atoms with Crippen molar-refractivity contribution < 1.29 is 38.5 Å². The van der Waals surface area contributed by atoms with Gasteiger partial charge < -0.3 is 24.6 Å². The predicted molar refractivity (Wildman–Crippen MR) is 135 cm³/mol. The fourth-order valence-corrected chi connectivity index (χ4v) is 3.42. The van der Waals surface area contributed by atoms with Crippen LogP contribution in [0.15, 0.2) is 72.8 Å². The molecular formula is C28H27NO8. The summed E-state index contributed by atoms with van der Waals surface area (Å²) in [5.74, 6) is -4.02. The number of hydrogen-bond donors (Lipinski definition) is 2. The number of carboxylic acids is 1. The van der Waals surface area contributed by atoms with Gasteiger partial charge >= 0.3 is 17.9 Å². The zero-order chi connectivity index (χ0) is 26.9. The summed E-state index contributed by atoms with van der Waals surface area (Å²) in [4.78, 5) is 50.9. The summed E-state index contributed by atoms with van der Waals surface area (Å²) in [6.07, 6.45) is -4.12. The first kappa shape index (κ1) is 26.9. The molecule has 0 aliphatic heterocycles. The molecule has 1 amide bonds. The van der Waals surface area contributed by atoms with Crippen LogP contribution in [-0.2, 0) is 19.1 Å². The Bertz CT molecular complexity index is 1290. The number of esters is 2. The van der Waals surface area contributed by atoms with Crippen molar-refractivity contribution in [2.45, 2.75) is 33.0 Å². The molecule has 2 atom stereocenters. The van der Waals surface area contributed by atoms with Crippen molar-refractivity contribution in [3.8, 4) is 5.75 Å². The number of hydrogen-bond acceptors (Lipinski definition) is 7. The number of aryl methyl sites for hydroxylation is 2. The predicted octanol–water partition coefficient (Wildman–Crippen LogP) is 4.18. The highest BCUT2D eigenvalue weighted by atomic mass is 16.6. The fraction of sp³-hybridized carbons (Fsp3) is 0.214. The maximum atomic E-state index is 13.2. The number of aliphatic carboxylic acids is 1. The van der Waals surface area contributed by atoms with E-state index in [2.05, 4.69) is 5.32 Å². The molecule has 0 aliphatic carbocycles. The van der Waals surface area contributed by atoms with Gasteiger partial charge in [-0.3, -0.25) is 4.79 Å². The molecule has 0 saturated heterocycles. The van der Waals surface area contributed by atoms with Gasteiger partial charge in [-0.15, -0.1) is 0 Å². The zero-order valence-corrected chi connectivity index (χ0v) is 20.6. The molecule has 2 N–H and O–H groups in total. The number of carbonyl (C=O) groups excluding carboxylic acids is 3. The number of rotatable bonds is 10. The number of benzene rings is 3. The van der Waals surface area contributed by atoms with Gasteiger partial charge in [0.05, 0.1) is 17.7 Å². The topological polar surface area (TPSA) is 128 Å². The third kappa shape index (κ3) is 7.41. The van der Waals surface area contributed by atoms with Crippen LogP contribution in [0.5, 0.6) is 5.75 Å². The van der Waals surface area contributed by atoms with Crippen LogP contribution in [0, 0.1) is 13.8 Å². The molecule has 192 valence electrons. The summed E-state index contributed by atoms with van der Waals surface area (Å²) in [7, 11) is 0. The van der Waals surface area contributed by atoms with Crippen molar-refractivity contribution in [1.29, 1.82) is 0 Å². The van der Waals surface area contributed by atoms with E-state index < -0.39 is 36.0 Å². The molecule has 0 heterocycles. The molecule has 0 spiro atoms. The van der Waals surface area contributed by atoms with E-state index in [0.717, 1.165) is 11.1 Å². The molecule has 9 heteroatoms. The lowest BCUT2D eigenvalue weighted by atomic mass is 10.1. The number of carbonyl (C=O) groups is 4. The maximum absolute atomic E-state index is 13.2. The third-order valence-electron chi connectivity index (χ3n) is 5.19. The minimum absolute atomic E-state index is 0.0851. The lowest BCUT2D eigenvalue weighted by Crippen LogP contribution is -2.48. The van der Waals surface area contributed by atoms with E-state index in [1.807, 2.05) is 6.92 Å². The zero-order valence-electron chi connectivity index (χ0n) is 20.6. The average molecular weight is 506 g/mol. The van der Waals surface area contributed by atoms with Crippen molar-refractivity contribution in [3.05, 3.63) is 95.1 Å². The van der Waals surface area contributed by atoms with Crippen molar-refractivity contribution in [1.82, 2.24) is 0 Å². The molecule has 0 saturated carbocycles. The standard InChI is InChI=1S/C28H27NO8/c1-4-35-22-13-11-21(12-14-22)29-25(30)23(36-27(33)19-9-5-7-17(2)15-19)24(26(31)32)37-28(34)20-10-6-8-18(3)16-20/h5-16,23-24H,4H2,1-3H3,(H,29,30)(H,31,32)/t23-,24-/m1/s1. The fourth-order valence-electron chi connectivity index (χ4n) is 3.42. The molecule has 0 unspecified atom stereocenters. The highest BCUT2D eigenvalue weighted by Gasteiger charge is 2.41. The summed E-state index contributed by atoms with van der Waals surface area (Å²) in [6, 6.07) is 19.0. The first-order chi connectivity index (χ1) is 17.7. The number of amides is 1. The quantitative estimate of drug-likeness (QED) is 0.393. The van der Waals surface area contributed by atoms with Gasteiger partial charge in [0.1, 0.15) is 5.75 Å². The van der Waals surface area contributed by atoms with Crippen LogP contribution in [0.1, 0.15) is 38.8 Å². The van der Waals surface area contributed by atoms with Gasteiger partial charge in [0.25, 0.3) is 5.91 Å². The van der Waals surface area contributed by atoms with E-state index in [1.165, 1.54) is 36.4 Å². The van der Waals surface area contributed by atoms with Gasteiger partial charge in [-0.1, -0.05) is 35.4 Å². The van der Waals surface area contributed by atoms with E-state index in [1.54, 1.807) is 50.2 Å². The van der Waals surface area contributed by atoms with Gasteiger partial charge in [0, 0.05) is 5.69 Å².